The van der Waals surface area contributed by atoms with Crippen LogP contribution in [0.3, 0.4) is 0 Å². The number of hydrogen-bond donors (Lipinski definition) is 0. The molecule has 0 amide bonds. The number of rotatable bonds is 3. The lowest BCUT2D eigenvalue weighted by molar-refractivity contribution is 0.238. The first kappa shape index (κ1) is 10.6. The van der Waals surface area contributed by atoms with Crippen LogP contribution < -0.4 is 0 Å². The van der Waals surface area contributed by atoms with Gasteiger partial charge in [-0.15, -0.1) is 11.3 Å². The number of hydrogen-bond acceptors (Lipinski definition) is 4. The van der Waals surface area contributed by atoms with Gasteiger partial charge in [-0.25, -0.2) is 0 Å². The zero-order valence-corrected chi connectivity index (χ0v) is 8.60. The molecule has 0 spiro atoms. The molecule has 0 aliphatic rings. The zero-order chi connectivity index (χ0) is 10.4. The Morgan fingerprint density at radius 1 is 1.57 bits per heavy atom. The van der Waals surface area contributed by atoms with E-state index in [0.717, 1.165) is 11.1 Å². The van der Waals surface area contributed by atoms with Crippen LogP contribution in [0.5, 0.6) is 0 Å². The van der Waals surface area contributed by atoms with E-state index in [4.69, 9.17) is 26.9 Å². The second-order valence-electron chi connectivity index (χ2n) is 2.26. The Balaban J connectivity index is 2.52. The average molecular weight is 225 g/mol. The van der Waals surface area contributed by atoms with E-state index >= 15 is 0 Å². The van der Waals surface area contributed by atoms with E-state index in [9.17, 15) is 0 Å². The van der Waals surface area contributed by atoms with E-state index in [-0.39, 0.29) is 12.2 Å². The summed E-state index contributed by atoms with van der Waals surface area (Å²) in [5.74, 6) is 0. The van der Waals surface area contributed by atoms with Gasteiger partial charge in [-0.05, 0) is 11.4 Å². The average Bonchev–Trinajstić information content (AvgIpc) is 2.59. The number of nitriles is 2. The molecule has 0 saturated carbocycles. The van der Waals surface area contributed by atoms with Gasteiger partial charge in [0, 0.05) is 0 Å². The van der Waals surface area contributed by atoms with Crippen molar-refractivity contribution in [3.63, 3.8) is 0 Å². The molecule has 70 valence electrons. The van der Waals surface area contributed by atoms with Crippen molar-refractivity contribution in [2.24, 2.45) is 0 Å². The van der Waals surface area contributed by atoms with Crippen molar-refractivity contribution in [3.8, 4) is 12.1 Å². The van der Waals surface area contributed by atoms with Gasteiger partial charge in [0.25, 0.3) is 0 Å². The Labute approximate surface area is 90.4 Å². The summed E-state index contributed by atoms with van der Waals surface area (Å²) in [6.45, 7) is 0.281. The van der Waals surface area contributed by atoms with Crippen LogP contribution in [0.25, 0.3) is 0 Å². The summed E-state index contributed by atoms with van der Waals surface area (Å²) in [6.07, 6.45) is 1.13. The van der Waals surface area contributed by atoms with Gasteiger partial charge >= 0.3 is 0 Å². The zero-order valence-electron chi connectivity index (χ0n) is 7.03. The van der Waals surface area contributed by atoms with Crippen LogP contribution in [0.2, 0.25) is 5.02 Å². The van der Waals surface area contributed by atoms with Gasteiger partial charge in [0.1, 0.15) is 25.0 Å². The van der Waals surface area contributed by atoms with E-state index < -0.39 is 0 Å². The van der Waals surface area contributed by atoms with Crippen molar-refractivity contribution in [2.75, 3.05) is 0 Å². The number of thiophene rings is 1. The van der Waals surface area contributed by atoms with Gasteiger partial charge < -0.3 is 4.74 Å². The third kappa shape index (κ3) is 2.77. The minimum Gasteiger partial charge on any atom is -0.493 e. The van der Waals surface area contributed by atoms with E-state index in [1.165, 1.54) is 11.3 Å². The molecule has 0 aliphatic carbocycles. The number of allylic oxidation sites excluding steroid dienone is 1. The van der Waals surface area contributed by atoms with Gasteiger partial charge in [-0.2, -0.15) is 10.5 Å². The molecule has 0 aromatic carbocycles. The molecule has 0 N–H and O–H groups in total. The van der Waals surface area contributed by atoms with Crippen LogP contribution in [0, 0.1) is 22.7 Å². The van der Waals surface area contributed by atoms with Crippen molar-refractivity contribution in [1.82, 2.24) is 0 Å². The van der Waals surface area contributed by atoms with Crippen molar-refractivity contribution in [3.05, 3.63) is 33.2 Å². The molecule has 14 heavy (non-hydrogen) atoms. The van der Waals surface area contributed by atoms with Gasteiger partial charge in [0.15, 0.2) is 5.57 Å². The fourth-order valence-electron chi connectivity index (χ4n) is 0.706. The van der Waals surface area contributed by atoms with Crippen molar-refractivity contribution < 1.29 is 4.74 Å². The molecule has 0 radical (unpaired) electrons. The molecule has 1 heterocycles. The highest BCUT2D eigenvalue weighted by atomic mass is 35.5. The predicted molar refractivity (Wildman–Crippen MR) is 53.4 cm³/mol. The molecule has 1 aromatic heterocycles. The van der Waals surface area contributed by atoms with Crippen LogP contribution in [0.4, 0.5) is 0 Å². The Bertz CT molecular complexity index is 409. The summed E-state index contributed by atoms with van der Waals surface area (Å²) in [7, 11) is 0. The summed E-state index contributed by atoms with van der Waals surface area (Å²) in [6, 6.07) is 5.15. The van der Waals surface area contributed by atoms with Crippen molar-refractivity contribution in [2.45, 2.75) is 6.61 Å². The van der Waals surface area contributed by atoms with E-state index in [1.807, 2.05) is 5.38 Å². The third-order valence-electron chi connectivity index (χ3n) is 1.35. The van der Waals surface area contributed by atoms with Crippen molar-refractivity contribution in [1.29, 1.82) is 10.5 Å². The van der Waals surface area contributed by atoms with Crippen molar-refractivity contribution >= 4 is 22.9 Å². The molecule has 0 aliphatic heterocycles. The molecule has 0 unspecified atom stereocenters. The maximum Gasteiger partial charge on any atom is 0.164 e. The molecule has 0 atom stereocenters. The number of halogens is 1. The first-order valence-electron chi connectivity index (χ1n) is 3.61. The molecule has 5 heteroatoms. The largest absolute Gasteiger partial charge is 0.493 e. The maximum absolute atomic E-state index is 8.39. The lowest BCUT2D eigenvalue weighted by atomic mass is 10.4. The first-order chi connectivity index (χ1) is 6.77. The first-order valence-corrected chi connectivity index (χ1v) is 4.87. The SMILES string of the molecule is N#CC(C#N)=COCc1sccc1Cl. The second kappa shape index (κ2) is 5.29. The Kier molecular flexibility index (Phi) is 4.00. The Hall–Kier alpha value is -1.49. The van der Waals surface area contributed by atoms with Gasteiger partial charge in [-0.3, -0.25) is 0 Å². The van der Waals surface area contributed by atoms with E-state index in [2.05, 4.69) is 0 Å². The monoisotopic (exact) mass is 224 g/mol. The highest BCUT2D eigenvalue weighted by Gasteiger charge is 2.00. The van der Waals surface area contributed by atoms with Gasteiger partial charge in [-0.1, -0.05) is 11.6 Å². The summed E-state index contributed by atoms with van der Waals surface area (Å²) in [5, 5.41) is 19.3. The second-order valence-corrected chi connectivity index (χ2v) is 3.67. The molecule has 0 saturated heterocycles. The lowest BCUT2D eigenvalue weighted by Crippen LogP contribution is -1.84. The Morgan fingerprint density at radius 3 is 2.79 bits per heavy atom. The predicted octanol–water partition coefficient (Wildman–Crippen LogP) is 2.85. The minimum absolute atomic E-state index is 0.0577. The van der Waals surface area contributed by atoms with Crippen LogP contribution >= 0.6 is 22.9 Å². The van der Waals surface area contributed by atoms with E-state index in [0.29, 0.717) is 5.02 Å². The minimum atomic E-state index is -0.0577. The highest BCUT2D eigenvalue weighted by molar-refractivity contribution is 7.10. The number of nitrogens with zero attached hydrogens (tertiary/aromatic N) is 2. The molecular weight excluding hydrogens is 220 g/mol. The van der Waals surface area contributed by atoms with Crippen LogP contribution in [-0.4, -0.2) is 0 Å². The maximum atomic E-state index is 8.39. The van der Waals surface area contributed by atoms with Gasteiger partial charge in [0.2, 0.25) is 0 Å². The summed E-state index contributed by atoms with van der Waals surface area (Å²) >= 11 is 7.27. The van der Waals surface area contributed by atoms with Crippen LogP contribution in [-0.2, 0) is 11.3 Å². The van der Waals surface area contributed by atoms with E-state index in [1.54, 1.807) is 18.2 Å². The highest BCUT2D eigenvalue weighted by Crippen LogP contribution is 2.22. The topological polar surface area (TPSA) is 56.8 Å². The lowest BCUT2D eigenvalue weighted by Gasteiger charge is -1.97. The molecule has 0 fully saturated rings. The summed E-state index contributed by atoms with van der Waals surface area (Å²) in [5.41, 5.74) is -0.0577. The molecule has 1 aromatic rings. The standard InChI is InChI=1S/C9H5ClN2OS/c10-8-1-2-14-9(8)6-13-5-7(3-11)4-12/h1-2,5H,6H2. The summed E-state index contributed by atoms with van der Waals surface area (Å²) in [4.78, 5) is 0.873. The number of ether oxygens (including phenoxy) is 1. The van der Waals surface area contributed by atoms with Crippen LogP contribution in [0.1, 0.15) is 4.88 Å². The van der Waals surface area contributed by atoms with Crippen LogP contribution in [0.15, 0.2) is 23.3 Å². The fourth-order valence-corrected chi connectivity index (χ4v) is 1.72. The summed E-state index contributed by atoms with van der Waals surface area (Å²) < 4.78 is 5.02. The molecule has 1 rings (SSSR count). The Morgan fingerprint density at radius 2 is 2.29 bits per heavy atom. The molecule has 3 nitrogen and oxygen atoms in total. The molecule has 0 bridgehead atoms. The fraction of sp³-hybridized carbons (Fsp3) is 0.111. The third-order valence-corrected chi connectivity index (χ3v) is 2.71. The normalized spacial score (nSPS) is 8.50. The quantitative estimate of drug-likeness (QED) is 0.586. The van der Waals surface area contributed by atoms with Gasteiger partial charge in [0.05, 0.1) is 9.90 Å². The smallest absolute Gasteiger partial charge is 0.164 e. The molecular formula is C9H5ClN2OS.